The molecule has 7 heteroatoms. The Morgan fingerprint density at radius 3 is 2.57 bits per heavy atom. The zero-order chi connectivity index (χ0) is 15.6. The monoisotopic (exact) mass is 332 g/mol. The van der Waals surface area contributed by atoms with Crippen LogP contribution in [0.4, 0.5) is 0 Å². The van der Waals surface area contributed by atoms with Gasteiger partial charge in [0.1, 0.15) is 16.4 Å². The maximum atomic E-state index is 12.7. The topological polar surface area (TPSA) is 85.3 Å². The van der Waals surface area contributed by atoms with Crippen molar-refractivity contribution in [1.29, 1.82) is 0 Å². The maximum absolute atomic E-state index is 12.7. The van der Waals surface area contributed by atoms with Crippen molar-refractivity contribution < 1.29 is 12.8 Å². The van der Waals surface area contributed by atoms with E-state index in [0.717, 1.165) is 19.3 Å². The Hall–Kier alpha value is -0.500. The summed E-state index contributed by atoms with van der Waals surface area (Å²) >= 11 is 1.73. The van der Waals surface area contributed by atoms with Crippen LogP contribution in [0.15, 0.2) is 9.31 Å². The highest BCUT2D eigenvalue weighted by atomic mass is 32.2. The van der Waals surface area contributed by atoms with Crippen LogP contribution < -0.4 is 10.5 Å². The van der Waals surface area contributed by atoms with Gasteiger partial charge in [0.15, 0.2) is 0 Å². The van der Waals surface area contributed by atoms with Gasteiger partial charge in [-0.3, -0.25) is 0 Å². The van der Waals surface area contributed by atoms with Crippen molar-refractivity contribution in [2.75, 3.05) is 6.26 Å². The van der Waals surface area contributed by atoms with Crippen LogP contribution in [0.25, 0.3) is 0 Å². The first-order valence-electron chi connectivity index (χ1n) is 7.24. The molecule has 2 rings (SSSR count). The van der Waals surface area contributed by atoms with E-state index < -0.39 is 10.0 Å². The van der Waals surface area contributed by atoms with Crippen molar-refractivity contribution >= 4 is 21.8 Å². The first-order chi connectivity index (χ1) is 9.90. The first kappa shape index (κ1) is 16.9. The molecule has 5 nitrogen and oxygen atoms in total. The highest BCUT2D eigenvalue weighted by Gasteiger charge is 2.32. The number of hydrogen-bond donors (Lipinski definition) is 2. The molecular weight excluding hydrogens is 308 g/mol. The molecule has 21 heavy (non-hydrogen) atoms. The fraction of sp³-hybridized carbons (Fsp3) is 0.714. The van der Waals surface area contributed by atoms with Gasteiger partial charge in [-0.25, -0.2) is 13.1 Å². The summed E-state index contributed by atoms with van der Waals surface area (Å²) < 4.78 is 33.8. The van der Waals surface area contributed by atoms with E-state index in [1.54, 1.807) is 25.6 Å². The van der Waals surface area contributed by atoms with Crippen LogP contribution in [0.1, 0.15) is 42.8 Å². The second kappa shape index (κ2) is 6.73. The van der Waals surface area contributed by atoms with Crippen LogP contribution in [-0.4, -0.2) is 26.0 Å². The van der Waals surface area contributed by atoms with Crippen LogP contribution >= 0.6 is 11.8 Å². The Morgan fingerprint density at radius 1 is 1.29 bits per heavy atom. The Labute approximate surface area is 131 Å². The molecule has 1 aliphatic carbocycles. The molecular formula is C14H24N2O3S2. The van der Waals surface area contributed by atoms with E-state index in [1.165, 1.54) is 6.42 Å². The average Bonchev–Trinajstić information content (AvgIpc) is 2.73. The Kier molecular flexibility index (Phi) is 5.40. The third-order valence-corrected chi connectivity index (χ3v) is 6.96. The molecule has 1 heterocycles. The molecule has 1 fully saturated rings. The Balaban J connectivity index is 2.30. The number of nitrogens with two attached hydrogens (primary N) is 1. The van der Waals surface area contributed by atoms with Crippen molar-refractivity contribution in [3.05, 3.63) is 17.1 Å². The number of rotatable bonds is 5. The van der Waals surface area contributed by atoms with Crippen molar-refractivity contribution in [1.82, 2.24) is 4.72 Å². The molecule has 2 unspecified atom stereocenters. The first-order valence-corrected chi connectivity index (χ1v) is 10.0. The average molecular weight is 332 g/mol. The normalized spacial score (nSPS) is 23.4. The molecule has 3 N–H and O–H groups in total. The molecule has 120 valence electrons. The minimum atomic E-state index is -3.59. The molecule has 0 aliphatic heterocycles. The smallest absolute Gasteiger partial charge is 0.244 e. The lowest BCUT2D eigenvalue weighted by atomic mass is 9.96. The third kappa shape index (κ3) is 3.47. The van der Waals surface area contributed by atoms with Crippen LogP contribution in [-0.2, 0) is 16.6 Å². The van der Waals surface area contributed by atoms with Crippen LogP contribution in [0.3, 0.4) is 0 Å². The van der Waals surface area contributed by atoms with E-state index >= 15 is 0 Å². The quantitative estimate of drug-likeness (QED) is 0.864. The van der Waals surface area contributed by atoms with Gasteiger partial charge in [-0.15, -0.1) is 0 Å². The third-order valence-electron chi connectivity index (χ3n) is 4.11. The molecule has 0 spiro atoms. The summed E-state index contributed by atoms with van der Waals surface area (Å²) in [6.45, 7) is 3.59. The van der Waals surface area contributed by atoms with Gasteiger partial charge in [0.05, 0.1) is 0 Å². The van der Waals surface area contributed by atoms with Gasteiger partial charge in [0.2, 0.25) is 10.0 Å². The highest BCUT2D eigenvalue weighted by Crippen LogP contribution is 2.30. The largest absolute Gasteiger partial charge is 0.465 e. The second-order valence-electron chi connectivity index (χ2n) is 5.51. The van der Waals surface area contributed by atoms with Gasteiger partial charge in [-0.1, -0.05) is 12.8 Å². The molecule has 0 amide bonds. The number of sulfonamides is 1. The predicted molar refractivity (Wildman–Crippen MR) is 86.0 cm³/mol. The molecule has 0 saturated heterocycles. The van der Waals surface area contributed by atoms with Gasteiger partial charge >= 0.3 is 0 Å². The number of hydrogen-bond acceptors (Lipinski definition) is 5. The second-order valence-corrected chi connectivity index (χ2v) is 8.24. The summed E-state index contributed by atoms with van der Waals surface area (Å²) in [5.74, 6) is 0.998. The predicted octanol–water partition coefficient (Wildman–Crippen LogP) is 2.31. The number of thioether (sulfide) groups is 1. The zero-order valence-corrected chi connectivity index (χ0v) is 14.4. The molecule has 2 atom stereocenters. The highest BCUT2D eigenvalue weighted by molar-refractivity contribution is 7.99. The van der Waals surface area contributed by atoms with Gasteiger partial charge < -0.3 is 10.2 Å². The van der Waals surface area contributed by atoms with Gasteiger partial charge in [0.25, 0.3) is 0 Å². The van der Waals surface area contributed by atoms with Gasteiger partial charge in [-0.05, 0) is 32.9 Å². The molecule has 1 aliphatic rings. The van der Waals surface area contributed by atoms with Crippen LogP contribution in [0.2, 0.25) is 0 Å². The molecule has 0 bridgehead atoms. The van der Waals surface area contributed by atoms with E-state index in [0.29, 0.717) is 22.3 Å². The van der Waals surface area contributed by atoms with E-state index in [-0.39, 0.29) is 17.5 Å². The summed E-state index contributed by atoms with van der Waals surface area (Å²) in [6.07, 6.45) is 6.22. The van der Waals surface area contributed by atoms with E-state index in [1.807, 2.05) is 6.26 Å². The summed E-state index contributed by atoms with van der Waals surface area (Å²) in [5, 5.41) is 0.336. The van der Waals surface area contributed by atoms with Crippen molar-refractivity contribution in [3.63, 3.8) is 0 Å². The fourth-order valence-corrected chi connectivity index (χ4v) is 5.86. The number of aryl methyl sites for hydroxylation is 2. The SMILES string of the molecule is CSC1CCCCC1NS(=O)(=O)c1c(C)oc(C)c1CN. The van der Waals surface area contributed by atoms with E-state index in [2.05, 4.69) is 4.72 Å². The molecule has 0 radical (unpaired) electrons. The van der Waals surface area contributed by atoms with Gasteiger partial charge in [0, 0.05) is 23.4 Å². The lowest BCUT2D eigenvalue weighted by Gasteiger charge is -2.30. The van der Waals surface area contributed by atoms with Gasteiger partial charge in [-0.2, -0.15) is 11.8 Å². The lowest BCUT2D eigenvalue weighted by Crippen LogP contribution is -2.43. The summed E-state index contributed by atoms with van der Waals surface area (Å²) in [7, 11) is -3.59. The van der Waals surface area contributed by atoms with Crippen LogP contribution in [0, 0.1) is 13.8 Å². The number of furan rings is 1. The molecule has 1 saturated carbocycles. The summed E-state index contributed by atoms with van der Waals surface area (Å²) in [4.78, 5) is 0.230. The van der Waals surface area contributed by atoms with Crippen molar-refractivity contribution in [2.45, 2.75) is 62.3 Å². The summed E-state index contributed by atoms with van der Waals surface area (Å²) in [5.41, 5.74) is 6.27. The minimum Gasteiger partial charge on any atom is -0.465 e. The lowest BCUT2D eigenvalue weighted by molar-refractivity contribution is 0.422. The van der Waals surface area contributed by atoms with Crippen molar-refractivity contribution in [3.8, 4) is 0 Å². The molecule has 1 aromatic rings. The maximum Gasteiger partial charge on any atom is 0.244 e. The zero-order valence-electron chi connectivity index (χ0n) is 12.8. The van der Waals surface area contributed by atoms with Crippen molar-refractivity contribution in [2.24, 2.45) is 5.73 Å². The van der Waals surface area contributed by atoms with E-state index in [4.69, 9.17) is 10.2 Å². The fourth-order valence-electron chi connectivity index (χ4n) is 3.07. The Bertz CT molecular complexity index is 596. The number of nitrogens with one attached hydrogen (secondary N) is 1. The van der Waals surface area contributed by atoms with E-state index in [9.17, 15) is 8.42 Å². The molecule has 1 aromatic heterocycles. The summed E-state index contributed by atoms with van der Waals surface area (Å²) in [6, 6.07) is -0.0148. The Morgan fingerprint density at radius 2 is 1.95 bits per heavy atom. The molecule has 0 aromatic carbocycles. The van der Waals surface area contributed by atoms with Crippen LogP contribution in [0.5, 0.6) is 0 Å². The minimum absolute atomic E-state index is 0.0148. The standard InChI is InChI=1S/C14H24N2O3S2/c1-9-11(8-15)14(10(2)19-9)21(17,18)16-12-6-4-5-7-13(12)20-3/h12-13,16H,4-8,15H2,1-3H3.